The number of nitrogens with one attached hydrogen (secondary N) is 1. The second-order valence-corrected chi connectivity index (χ2v) is 16.1. The number of carbonyl (C=O) groups excluding carboxylic acids is 1. The predicted molar refractivity (Wildman–Crippen MR) is 159 cm³/mol. The topological polar surface area (TPSA) is 137 Å². The van der Waals surface area contributed by atoms with Gasteiger partial charge in [0.1, 0.15) is 9.84 Å². The largest absolute Gasteiger partial charge is 0.417 e. The minimum absolute atomic E-state index is 0.0267. The summed E-state index contributed by atoms with van der Waals surface area (Å²) in [5, 5.41) is 11.7. The summed E-state index contributed by atoms with van der Waals surface area (Å²) in [6.07, 6.45) is -2.15. The van der Waals surface area contributed by atoms with E-state index in [4.69, 9.17) is 11.6 Å². The number of carbonyl (C=O) groups is 1. The molecule has 3 heterocycles. The molecule has 2 aromatic carbocycles. The summed E-state index contributed by atoms with van der Waals surface area (Å²) in [6, 6.07) is 12.4. The molecule has 45 heavy (non-hydrogen) atoms. The lowest BCUT2D eigenvalue weighted by atomic mass is 9.70. The van der Waals surface area contributed by atoms with Gasteiger partial charge in [0, 0.05) is 17.2 Å². The van der Waals surface area contributed by atoms with E-state index < -0.39 is 49.0 Å². The van der Waals surface area contributed by atoms with Crippen LogP contribution < -0.4 is 9.62 Å². The highest BCUT2D eigenvalue weighted by atomic mass is 35.5. The van der Waals surface area contributed by atoms with Crippen molar-refractivity contribution in [2.24, 2.45) is 5.92 Å². The molecule has 9 nitrogen and oxygen atoms in total. The van der Waals surface area contributed by atoms with Crippen molar-refractivity contribution in [2.75, 3.05) is 15.8 Å². The van der Waals surface area contributed by atoms with Crippen LogP contribution in [0.15, 0.2) is 59.6 Å². The van der Waals surface area contributed by atoms with Crippen LogP contribution in [-0.4, -0.2) is 45.3 Å². The molecule has 1 saturated heterocycles. The van der Waals surface area contributed by atoms with Crippen molar-refractivity contribution in [1.82, 2.24) is 10.3 Å². The molecular formula is C30H26ClF3N4O5S2. The smallest absolute Gasteiger partial charge is 0.346 e. The van der Waals surface area contributed by atoms with E-state index in [0.29, 0.717) is 17.4 Å². The monoisotopic (exact) mass is 678 g/mol. The highest BCUT2D eigenvalue weighted by molar-refractivity contribution is 7.93. The number of halogens is 4. The number of hydrogen-bond donors (Lipinski definition) is 1. The molecule has 1 atom stereocenters. The minimum atomic E-state index is -4.63. The normalized spacial score (nSPS) is 20.4. The van der Waals surface area contributed by atoms with E-state index in [1.807, 2.05) is 6.07 Å². The van der Waals surface area contributed by atoms with Gasteiger partial charge in [-0.3, -0.25) is 14.1 Å². The van der Waals surface area contributed by atoms with Gasteiger partial charge in [-0.25, -0.2) is 16.8 Å². The van der Waals surface area contributed by atoms with Crippen LogP contribution in [0.5, 0.6) is 0 Å². The number of sulfonamides is 1. The third-order valence-corrected chi connectivity index (χ3v) is 12.6. The van der Waals surface area contributed by atoms with Crippen molar-refractivity contribution in [3.05, 3.63) is 87.7 Å². The second kappa shape index (κ2) is 11.0. The number of fused-ring (bicyclic) bond motifs is 2. The molecule has 2 aliphatic heterocycles. The first-order valence-electron chi connectivity index (χ1n) is 14.1. The summed E-state index contributed by atoms with van der Waals surface area (Å²) < 4.78 is 94.0. The quantitative estimate of drug-likeness (QED) is 0.388. The SMILES string of the molecule is N#Cc1cccc(S(=O)(=O)N2c3ccc(C(=O)NCc4ncc(C(F)(F)F)cc4Cl)cc3C3(CCS(=O)(=O)CC3)C2C2CC2)c1. The highest BCUT2D eigenvalue weighted by Crippen LogP contribution is 2.59. The number of hydrogen-bond acceptors (Lipinski definition) is 7. The van der Waals surface area contributed by atoms with Crippen LogP contribution in [0.2, 0.25) is 5.02 Å². The standard InChI is InChI=1S/C30H26ClF3N4O5S2/c31-24-14-21(30(32,33)34)16-36-25(24)17-37-28(39)20-6-7-26-23(13-20)29(8-10-44(40,41)11-9-29)27(19-4-5-19)38(26)45(42,43)22-3-1-2-18(12-22)15-35/h1-3,6-7,12-14,16,19,27H,4-5,8-11,17H2,(H,37,39). The van der Waals surface area contributed by atoms with Gasteiger partial charge in [-0.1, -0.05) is 17.7 Å². The molecule has 1 aromatic heterocycles. The van der Waals surface area contributed by atoms with E-state index in [-0.39, 0.29) is 63.5 Å². The molecular weight excluding hydrogens is 653 g/mol. The fourth-order valence-electron chi connectivity index (χ4n) is 6.46. The van der Waals surface area contributed by atoms with Crippen LogP contribution in [0.3, 0.4) is 0 Å². The summed E-state index contributed by atoms with van der Waals surface area (Å²) in [5.74, 6) is -0.901. The number of benzene rings is 2. The van der Waals surface area contributed by atoms with E-state index in [0.717, 1.165) is 18.9 Å². The lowest BCUT2D eigenvalue weighted by Gasteiger charge is -2.41. The van der Waals surface area contributed by atoms with Gasteiger partial charge in [-0.05, 0) is 79.6 Å². The van der Waals surface area contributed by atoms with E-state index in [2.05, 4.69) is 10.3 Å². The van der Waals surface area contributed by atoms with Crippen molar-refractivity contribution in [3.63, 3.8) is 0 Å². The van der Waals surface area contributed by atoms with Gasteiger partial charge in [0.05, 0.1) is 62.6 Å². The molecule has 236 valence electrons. The van der Waals surface area contributed by atoms with Crippen molar-refractivity contribution < 1.29 is 34.8 Å². The Balaban J connectivity index is 1.39. The average Bonchev–Trinajstić information content (AvgIpc) is 3.80. The molecule has 3 aliphatic rings. The van der Waals surface area contributed by atoms with Crippen molar-refractivity contribution in [2.45, 2.75) is 54.8 Å². The number of nitrogens with zero attached hydrogens (tertiary/aromatic N) is 3. The Hall–Kier alpha value is -3.67. The van der Waals surface area contributed by atoms with Crippen molar-refractivity contribution in [3.8, 4) is 6.07 Å². The first-order chi connectivity index (χ1) is 21.2. The molecule has 3 aromatic rings. The average molecular weight is 679 g/mol. The Kier molecular flexibility index (Phi) is 7.65. The van der Waals surface area contributed by atoms with Gasteiger partial charge < -0.3 is 5.32 Å². The zero-order chi connectivity index (χ0) is 32.4. The maximum absolute atomic E-state index is 14.3. The number of sulfone groups is 1. The fraction of sp³-hybridized carbons (Fsp3) is 0.367. The molecule has 1 N–H and O–H groups in total. The van der Waals surface area contributed by atoms with E-state index in [9.17, 15) is 40.1 Å². The summed E-state index contributed by atoms with van der Waals surface area (Å²) in [7, 11) is -7.56. The van der Waals surface area contributed by atoms with Crippen LogP contribution in [0.1, 0.15) is 58.4 Å². The van der Waals surface area contributed by atoms with E-state index in [1.165, 1.54) is 40.7 Å². The maximum atomic E-state index is 14.3. The summed E-state index contributed by atoms with van der Waals surface area (Å²) in [5.41, 5.74) is -0.651. The number of rotatable bonds is 6. The van der Waals surface area contributed by atoms with Crippen LogP contribution in [0, 0.1) is 17.2 Å². The van der Waals surface area contributed by atoms with Gasteiger partial charge in [0.15, 0.2) is 0 Å². The maximum Gasteiger partial charge on any atom is 0.417 e. The number of amides is 1. The number of anilines is 1. The van der Waals surface area contributed by atoms with Crippen LogP contribution in [0.25, 0.3) is 0 Å². The molecule has 0 radical (unpaired) electrons. The number of pyridine rings is 1. The predicted octanol–water partition coefficient (Wildman–Crippen LogP) is 4.99. The Morgan fingerprint density at radius 1 is 1.13 bits per heavy atom. The number of aromatic nitrogens is 1. The Morgan fingerprint density at radius 3 is 2.47 bits per heavy atom. The molecule has 2 fully saturated rings. The lowest BCUT2D eigenvalue weighted by molar-refractivity contribution is -0.137. The molecule has 1 saturated carbocycles. The third kappa shape index (κ3) is 5.66. The van der Waals surface area contributed by atoms with Crippen molar-refractivity contribution in [1.29, 1.82) is 5.26 Å². The van der Waals surface area contributed by atoms with Gasteiger partial charge in [-0.2, -0.15) is 18.4 Å². The molecule has 1 amide bonds. The summed E-state index contributed by atoms with van der Waals surface area (Å²) in [6.45, 7) is -0.267. The minimum Gasteiger partial charge on any atom is -0.346 e. The van der Waals surface area contributed by atoms with Crippen LogP contribution in [0.4, 0.5) is 18.9 Å². The van der Waals surface area contributed by atoms with E-state index in [1.54, 1.807) is 6.07 Å². The van der Waals surface area contributed by atoms with Gasteiger partial charge in [0.2, 0.25) is 0 Å². The highest BCUT2D eigenvalue weighted by Gasteiger charge is 2.60. The zero-order valence-corrected chi connectivity index (χ0v) is 25.9. The summed E-state index contributed by atoms with van der Waals surface area (Å²) in [4.78, 5) is 17.0. The van der Waals surface area contributed by atoms with E-state index >= 15 is 0 Å². The number of alkyl halides is 3. The first kappa shape index (κ1) is 31.3. The molecule has 6 rings (SSSR count). The zero-order valence-electron chi connectivity index (χ0n) is 23.5. The lowest BCUT2D eigenvalue weighted by Crippen LogP contribution is -2.52. The van der Waals surface area contributed by atoms with Crippen LogP contribution in [-0.2, 0) is 38.0 Å². The molecule has 1 unspecified atom stereocenters. The summed E-state index contributed by atoms with van der Waals surface area (Å²) >= 11 is 6.00. The molecule has 0 bridgehead atoms. The van der Waals surface area contributed by atoms with Gasteiger partial charge in [0.25, 0.3) is 15.9 Å². The van der Waals surface area contributed by atoms with Crippen molar-refractivity contribution >= 4 is 43.1 Å². The molecule has 15 heteroatoms. The second-order valence-electron chi connectivity index (χ2n) is 11.6. The third-order valence-electron chi connectivity index (χ3n) is 8.82. The Bertz CT molecular complexity index is 1960. The van der Waals surface area contributed by atoms with Gasteiger partial charge >= 0.3 is 6.18 Å². The Labute approximate surface area is 263 Å². The Morgan fingerprint density at radius 2 is 1.84 bits per heavy atom. The number of nitriles is 1. The molecule has 1 aliphatic carbocycles. The fourth-order valence-corrected chi connectivity index (χ4v) is 10.1. The molecule has 1 spiro atoms. The first-order valence-corrected chi connectivity index (χ1v) is 17.7. The van der Waals surface area contributed by atoms with Gasteiger partial charge in [-0.15, -0.1) is 0 Å². The van der Waals surface area contributed by atoms with Crippen LogP contribution >= 0.6 is 11.6 Å².